The number of hydrogen-bond acceptors (Lipinski definition) is 5. The number of benzene rings is 3. The number of nitrogens with one attached hydrogen (secondary N) is 1. The first-order valence-corrected chi connectivity index (χ1v) is 12.2. The minimum absolute atomic E-state index is 0.141. The van der Waals surface area contributed by atoms with Crippen LogP contribution in [0.2, 0.25) is 5.02 Å². The third kappa shape index (κ3) is 8.15. The number of halogens is 1. The Morgan fingerprint density at radius 2 is 1.85 bits per heavy atom. The summed E-state index contributed by atoms with van der Waals surface area (Å²) < 4.78 is 11.6. The Morgan fingerprint density at radius 3 is 2.61 bits per heavy atom. The predicted molar refractivity (Wildman–Crippen MR) is 136 cm³/mol. The molecule has 0 aliphatic carbocycles. The van der Waals surface area contributed by atoms with Crippen molar-refractivity contribution >= 4 is 35.5 Å². The summed E-state index contributed by atoms with van der Waals surface area (Å²) >= 11 is 7.49. The maximum atomic E-state index is 12.1. The maximum Gasteiger partial charge on any atom is 0.250 e. The molecular formula is C26H27ClN2O3S. The minimum Gasteiger partial charge on any atom is -0.490 e. The highest BCUT2D eigenvalue weighted by Gasteiger charge is 2.07. The molecule has 172 valence electrons. The zero-order valence-electron chi connectivity index (χ0n) is 18.7. The van der Waals surface area contributed by atoms with Crippen LogP contribution < -0.4 is 14.9 Å². The van der Waals surface area contributed by atoms with E-state index in [0.717, 1.165) is 16.9 Å². The van der Waals surface area contributed by atoms with Crippen LogP contribution in [-0.4, -0.2) is 24.5 Å². The van der Waals surface area contributed by atoms with E-state index in [1.807, 2.05) is 61.5 Å². The van der Waals surface area contributed by atoms with Crippen molar-refractivity contribution in [2.24, 2.45) is 5.10 Å². The second kappa shape index (κ2) is 12.9. The summed E-state index contributed by atoms with van der Waals surface area (Å²) in [6, 6.07) is 21.2. The van der Waals surface area contributed by atoms with Crippen molar-refractivity contribution in [3.8, 4) is 11.5 Å². The van der Waals surface area contributed by atoms with Gasteiger partial charge in [-0.1, -0.05) is 48.0 Å². The molecule has 1 amide bonds. The van der Waals surface area contributed by atoms with E-state index in [4.69, 9.17) is 21.1 Å². The lowest BCUT2D eigenvalue weighted by atomic mass is 10.1. The number of nitrogens with zero attached hydrogens (tertiary/aromatic N) is 1. The number of carbonyl (C=O) groups excluding carboxylic acids is 1. The minimum atomic E-state index is -0.141. The predicted octanol–water partition coefficient (Wildman–Crippen LogP) is 6.01. The molecule has 3 aromatic carbocycles. The number of ether oxygens (including phenoxy) is 2. The lowest BCUT2D eigenvalue weighted by Crippen LogP contribution is -2.19. The van der Waals surface area contributed by atoms with Crippen molar-refractivity contribution in [3.05, 3.63) is 94.0 Å². The number of carbonyl (C=O) groups is 1. The van der Waals surface area contributed by atoms with E-state index < -0.39 is 0 Å². The monoisotopic (exact) mass is 482 g/mol. The molecule has 0 aromatic heterocycles. The fourth-order valence-electron chi connectivity index (χ4n) is 2.97. The molecule has 0 spiro atoms. The molecule has 5 nitrogen and oxygen atoms in total. The van der Waals surface area contributed by atoms with E-state index in [2.05, 4.69) is 29.6 Å². The molecule has 0 bridgehead atoms. The van der Waals surface area contributed by atoms with Gasteiger partial charge in [0.1, 0.15) is 6.61 Å². The second-order valence-electron chi connectivity index (χ2n) is 7.27. The summed E-state index contributed by atoms with van der Waals surface area (Å²) in [6.07, 6.45) is 1.59. The van der Waals surface area contributed by atoms with Crippen LogP contribution in [0, 0.1) is 6.92 Å². The molecule has 0 aliphatic heterocycles. The smallest absolute Gasteiger partial charge is 0.250 e. The molecule has 0 fully saturated rings. The van der Waals surface area contributed by atoms with E-state index in [-0.39, 0.29) is 5.91 Å². The zero-order valence-corrected chi connectivity index (χ0v) is 20.3. The Bertz CT molecular complexity index is 1090. The molecular weight excluding hydrogens is 456 g/mol. The molecule has 3 rings (SSSR count). The Hall–Kier alpha value is -2.96. The van der Waals surface area contributed by atoms with Gasteiger partial charge in [0.05, 0.1) is 18.6 Å². The quantitative estimate of drug-likeness (QED) is 0.268. The van der Waals surface area contributed by atoms with E-state index in [1.165, 1.54) is 11.1 Å². The molecule has 0 heterocycles. The van der Waals surface area contributed by atoms with Gasteiger partial charge in [-0.25, -0.2) is 5.43 Å². The standard InChI is InChI=1S/C26H27ClN2O3S/c1-3-31-25-14-21(10-13-24(25)32-16-20-8-11-23(27)12-9-20)15-28-29-26(30)18-33-17-22-7-5-4-6-19(22)2/h4-15H,3,16-18H2,1-2H3,(H,29,30)/b28-15-. The summed E-state index contributed by atoms with van der Waals surface area (Å²) in [4.78, 5) is 12.1. The SMILES string of the molecule is CCOc1cc(/C=N\NC(=O)CSCc2ccccc2C)ccc1OCc1ccc(Cl)cc1. The van der Waals surface area contributed by atoms with Crippen LogP contribution in [0.5, 0.6) is 11.5 Å². The number of thioether (sulfide) groups is 1. The number of aryl methyl sites for hydroxylation is 1. The molecule has 0 aliphatic rings. The molecule has 0 unspecified atom stereocenters. The molecule has 0 saturated carbocycles. The maximum absolute atomic E-state index is 12.1. The Balaban J connectivity index is 1.50. The van der Waals surface area contributed by atoms with E-state index in [0.29, 0.717) is 35.5 Å². The lowest BCUT2D eigenvalue weighted by Gasteiger charge is -2.12. The van der Waals surface area contributed by atoms with Crippen molar-refractivity contribution in [1.82, 2.24) is 5.43 Å². The second-order valence-corrected chi connectivity index (χ2v) is 8.69. The van der Waals surface area contributed by atoms with Gasteiger partial charge >= 0.3 is 0 Å². The van der Waals surface area contributed by atoms with Crippen molar-refractivity contribution in [2.75, 3.05) is 12.4 Å². The number of hydrogen-bond donors (Lipinski definition) is 1. The van der Waals surface area contributed by atoms with Gasteiger partial charge < -0.3 is 9.47 Å². The fraction of sp³-hybridized carbons (Fsp3) is 0.231. The molecule has 0 atom stereocenters. The molecule has 1 N–H and O–H groups in total. The zero-order chi connectivity index (χ0) is 23.5. The van der Waals surface area contributed by atoms with Crippen LogP contribution in [0.4, 0.5) is 0 Å². The summed E-state index contributed by atoms with van der Waals surface area (Å²) in [6.45, 7) is 4.90. The van der Waals surface area contributed by atoms with Crippen LogP contribution in [0.3, 0.4) is 0 Å². The number of amides is 1. The third-order valence-corrected chi connectivity index (χ3v) is 5.96. The van der Waals surface area contributed by atoms with Gasteiger partial charge in [-0.3, -0.25) is 4.79 Å². The number of hydrazone groups is 1. The van der Waals surface area contributed by atoms with E-state index >= 15 is 0 Å². The topological polar surface area (TPSA) is 59.9 Å². The molecule has 3 aromatic rings. The van der Waals surface area contributed by atoms with Gasteiger partial charge in [0.2, 0.25) is 5.91 Å². The third-order valence-electron chi connectivity index (χ3n) is 4.73. The van der Waals surface area contributed by atoms with Gasteiger partial charge in [0, 0.05) is 10.8 Å². The average molecular weight is 483 g/mol. The molecule has 33 heavy (non-hydrogen) atoms. The van der Waals surface area contributed by atoms with Crippen molar-refractivity contribution in [3.63, 3.8) is 0 Å². The molecule has 0 saturated heterocycles. The van der Waals surface area contributed by atoms with Crippen LogP contribution in [-0.2, 0) is 17.2 Å². The lowest BCUT2D eigenvalue weighted by molar-refractivity contribution is -0.118. The Kier molecular flexibility index (Phi) is 9.66. The summed E-state index contributed by atoms with van der Waals surface area (Å²) in [5.74, 6) is 2.25. The van der Waals surface area contributed by atoms with Crippen LogP contribution >= 0.6 is 23.4 Å². The van der Waals surface area contributed by atoms with Crippen LogP contribution in [0.25, 0.3) is 0 Å². The first-order chi connectivity index (χ1) is 16.0. The van der Waals surface area contributed by atoms with Gasteiger partial charge in [0.25, 0.3) is 0 Å². The van der Waals surface area contributed by atoms with E-state index in [9.17, 15) is 4.79 Å². The first-order valence-electron chi connectivity index (χ1n) is 10.6. The van der Waals surface area contributed by atoms with Gasteiger partial charge in [-0.2, -0.15) is 5.10 Å². The van der Waals surface area contributed by atoms with E-state index in [1.54, 1.807) is 18.0 Å². The first kappa shape index (κ1) is 24.7. The normalized spacial score (nSPS) is 10.9. The summed E-state index contributed by atoms with van der Waals surface area (Å²) in [5, 5.41) is 4.76. The Labute approximate surface area is 204 Å². The highest BCUT2D eigenvalue weighted by molar-refractivity contribution is 7.99. The molecule has 0 radical (unpaired) electrons. The summed E-state index contributed by atoms with van der Waals surface area (Å²) in [5.41, 5.74) is 6.85. The largest absolute Gasteiger partial charge is 0.490 e. The van der Waals surface area contributed by atoms with Crippen LogP contribution in [0.1, 0.15) is 29.2 Å². The van der Waals surface area contributed by atoms with Crippen molar-refractivity contribution in [2.45, 2.75) is 26.2 Å². The van der Waals surface area contributed by atoms with Crippen molar-refractivity contribution < 1.29 is 14.3 Å². The van der Waals surface area contributed by atoms with Crippen LogP contribution in [0.15, 0.2) is 71.8 Å². The Morgan fingerprint density at radius 1 is 1.06 bits per heavy atom. The fourth-order valence-corrected chi connectivity index (χ4v) is 3.99. The highest BCUT2D eigenvalue weighted by Crippen LogP contribution is 2.29. The molecule has 7 heteroatoms. The van der Waals surface area contributed by atoms with Gasteiger partial charge in [-0.05, 0) is 66.4 Å². The van der Waals surface area contributed by atoms with Crippen molar-refractivity contribution in [1.29, 1.82) is 0 Å². The summed E-state index contributed by atoms with van der Waals surface area (Å²) in [7, 11) is 0. The highest BCUT2D eigenvalue weighted by atomic mass is 35.5. The number of rotatable bonds is 11. The van der Waals surface area contributed by atoms with Gasteiger partial charge in [0.15, 0.2) is 11.5 Å². The average Bonchev–Trinajstić information content (AvgIpc) is 2.81. The van der Waals surface area contributed by atoms with Gasteiger partial charge in [-0.15, -0.1) is 11.8 Å².